The largest absolute Gasteiger partial charge is 0.382 e. The molecule has 1 aliphatic carbocycles. The van der Waals surface area contributed by atoms with Crippen molar-refractivity contribution < 1.29 is 4.79 Å². The van der Waals surface area contributed by atoms with Gasteiger partial charge in [0.2, 0.25) is 0 Å². The van der Waals surface area contributed by atoms with E-state index in [4.69, 9.17) is 0 Å². The Labute approximate surface area is 126 Å². The third-order valence-electron chi connectivity index (χ3n) is 4.75. The summed E-state index contributed by atoms with van der Waals surface area (Å²) in [6.07, 6.45) is 6.01. The maximum absolute atomic E-state index is 12.6. The summed E-state index contributed by atoms with van der Waals surface area (Å²) >= 11 is 0. The van der Waals surface area contributed by atoms with Crippen LogP contribution in [0.25, 0.3) is 0 Å². The van der Waals surface area contributed by atoms with Gasteiger partial charge < -0.3 is 16.0 Å². The Morgan fingerprint density at radius 1 is 1.29 bits per heavy atom. The summed E-state index contributed by atoms with van der Waals surface area (Å²) in [4.78, 5) is 12.6. The summed E-state index contributed by atoms with van der Waals surface area (Å²) in [6.45, 7) is 4.01. The molecule has 1 amide bonds. The molecule has 1 aliphatic heterocycles. The van der Waals surface area contributed by atoms with E-state index in [-0.39, 0.29) is 5.91 Å². The van der Waals surface area contributed by atoms with Crippen molar-refractivity contribution in [2.24, 2.45) is 5.92 Å². The summed E-state index contributed by atoms with van der Waals surface area (Å²) in [7, 11) is 0. The number of nitrogens with one attached hydrogen (secondary N) is 3. The molecule has 1 fully saturated rings. The first kappa shape index (κ1) is 14.2. The molecule has 0 bridgehead atoms. The molecular formula is C17H25N3O. The van der Waals surface area contributed by atoms with Crippen LogP contribution in [-0.4, -0.2) is 25.0 Å². The monoisotopic (exact) mass is 287 g/mol. The molecule has 0 radical (unpaired) electrons. The van der Waals surface area contributed by atoms with Crippen molar-refractivity contribution in [2.75, 3.05) is 23.7 Å². The number of hydrogen-bond acceptors (Lipinski definition) is 3. The Hall–Kier alpha value is -1.71. The van der Waals surface area contributed by atoms with Crippen LogP contribution in [0.5, 0.6) is 0 Å². The maximum atomic E-state index is 12.6. The molecule has 1 aromatic carbocycles. The summed E-state index contributed by atoms with van der Waals surface area (Å²) < 4.78 is 0. The molecule has 4 heteroatoms. The van der Waals surface area contributed by atoms with Crippen molar-refractivity contribution >= 4 is 17.3 Å². The molecule has 2 atom stereocenters. The minimum absolute atomic E-state index is 0.0600. The molecule has 1 heterocycles. The van der Waals surface area contributed by atoms with Gasteiger partial charge in [0, 0.05) is 19.1 Å². The van der Waals surface area contributed by atoms with E-state index in [9.17, 15) is 4.79 Å². The number of anilines is 2. The Kier molecular flexibility index (Phi) is 4.32. The second-order valence-corrected chi connectivity index (χ2v) is 6.19. The minimum Gasteiger partial charge on any atom is -0.382 e. The zero-order valence-electron chi connectivity index (χ0n) is 12.7. The second-order valence-electron chi connectivity index (χ2n) is 6.19. The Morgan fingerprint density at radius 3 is 3.00 bits per heavy atom. The molecule has 21 heavy (non-hydrogen) atoms. The normalized spacial score (nSPS) is 24.4. The molecule has 114 valence electrons. The zero-order chi connectivity index (χ0) is 14.7. The molecule has 4 nitrogen and oxygen atoms in total. The van der Waals surface area contributed by atoms with Gasteiger partial charge in [-0.3, -0.25) is 4.79 Å². The van der Waals surface area contributed by atoms with Crippen LogP contribution in [0.3, 0.4) is 0 Å². The molecule has 3 rings (SSSR count). The lowest BCUT2D eigenvalue weighted by atomic mass is 9.84. The molecular weight excluding hydrogens is 262 g/mol. The number of hydrogen-bond donors (Lipinski definition) is 3. The van der Waals surface area contributed by atoms with E-state index >= 15 is 0 Å². The molecule has 2 unspecified atom stereocenters. The van der Waals surface area contributed by atoms with E-state index in [0.717, 1.165) is 48.8 Å². The number of carbonyl (C=O) groups excluding carboxylic acids is 1. The SMILES string of the molecule is CCC1CCCC(NC(=O)c2cccc3c2NCCN3)C1. The van der Waals surface area contributed by atoms with Gasteiger partial charge >= 0.3 is 0 Å². The van der Waals surface area contributed by atoms with E-state index in [1.165, 1.54) is 19.3 Å². The summed E-state index contributed by atoms with van der Waals surface area (Å²) in [5.41, 5.74) is 2.74. The van der Waals surface area contributed by atoms with Crippen LogP contribution in [0.1, 0.15) is 49.4 Å². The molecule has 2 aliphatic rings. The van der Waals surface area contributed by atoms with Crippen LogP contribution in [0.2, 0.25) is 0 Å². The molecule has 0 spiro atoms. The molecule has 1 aromatic rings. The van der Waals surface area contributed by atoms with E-state index in [0.29, 0.717) is 6.04 Å². The number of carbonyl (C=O) groups is 1. The van der Waals surface area contributed by atoms with Crippen molar-refractivity contribution in [3.05, 3.63) is 23.8 Å². The molecule has 3 N–H and O–H groups in total. The highest BCUT2D eigenvalue weighted by atomic mass is 16.1. The summed E-state index contributed by atoms with van der Waals surface area (Å²) in [6, 6.07) is 6.22. The predicted molar refractivity (Wildman–Crippen MR) is 86.9 cm³/mol. The second kappa shape index (κ2) is 6.37. The summed E-state index contributed by atoms with van der Waals surface area (Å²) in [5.74, 6) is 0.832. The topological polar surface area (TPSA) is 53.2 Å². The Balaban J connectivity index is 1.71. The molecule has 0 aromatic heterocycles. The lowest BCUT2D eigenvalue weighted by molar-refractivity contribution is 0.0920. The van der Waals surface area contributed by atoms with Gasteiger partial charge in [0.15, 0.2) is 0 Å². The third-order valence-corrected chi connectivity index (χ3v) is 4.75. The van der Waals surface area contributed by atoms with Crippen molar-refractivity contribution in [1.82, 2.24) is 5.32 Å². The lowest BCUT2D eigenvalue weighted by Gasteiger charge is -2.30. The lowest BCUT2D eigenvalue weighted by Crippen LogP contribution is -2.39. The predicted octanol–water partition coefficient (Wildman–Crippen LogP) is 3.22. The highest BCUT2D eigenvalue weighted by Gasteiger charge is 2.24. The first-order valence-electron chi connectivity index (χ1n) is 8.19. The van der Waals surface area contributed by atoms with E-state index in [1.54, 1.807) is 0 Å². The van der Waals surface area contributed by atoms with Gasteiger partial charge in [-0.05, 0) is 30.9 Å². The van der Waals surface area contributed by atoms with Gasteiger partial charge in [0.05, 0.1) is 16.9 Å². The fourth-order valence-corrected chi connectivity index (χ4v) is 3.52. The first-order valence-corrected chi connectivity index (χ1v) is 8.19. The number of para-hydroxylation sites is 1. The number of fused-ring (bicyclic) bond motifs is 1. The van der Waals surface area contributed by atoms with Crippen molar-refractivity contribution in [1.29, 1.82) is 0 Å². The number of amides is 1. The maximum Gasteiger partial charge on any atom is 0.253 e. The molecule has 0 saturated heterocycles. The van der Waals surface area contributed by atoms with Crippen LogP contribution in [0, 0.1) is 5.92 Å². The van der Waals surface area contributed by atoms with Gasteiger partial charge in [-0.15, -0.1) is 0 Å². The number of benzene rings is 1. The van der Waals surface area contributed by atoms with Crippen LogP contribution >= 0.6 is 0 Å². The van der Waals surface area contributed by atoms with Crippen LogP contribution in [0.15, 0.2) is 18.2 Å². The average molecular weight is 287 g/mol. The molecule has 1 saturated carbocycles. The van der Waals surface area contributed by atoms with Crippen molar-refractivity contribution in [3.8, 4) is 0 Å². The number of rotatable bonds is 3. The van der Waals surface area contributed by atoms with Crippen molar-refractivity contribution in [3.63, 3.8) is 0 Å². The zero-order valence-corrected chi connectivity index (χ0v) is 12.7. The van der Waals surface area contributed by atoms with Crippen LogP contribution < -0.4 is 16.0 Å². The fourth-order valence-electron chi connectivity index (χ4n) is 3.52. The van der Waals surface area contributed by atoms with E-state index in [2.05, 4.69) is 22.9 Å². The van der Waals surface area contributed by atoms with Crippen molar-refractivity contribution in [2.45, 2.75) is 45.1 Å². The first-order chi connectivity index (χ1) is 10.3. The van der Waals surface area contributed by atoms with Gasteiger partial charge in [-0.25, -0.2) is 0 Å². The van der Waals surface area contributed by atoms with Gasteiger partial charge in [0.1, 0.15) is 0 Å². The quantitative estimate of drug-likeness (QED) is 0.800. The van der Waals surface area contributed by atoms with Gasteiger partial charge in [-0.2, -0.15) is 0 Å². The Bertz CT molecular complexity index is 515. The third kappa shape index (κ3) is 3.14. The van der Waals surface area contributed by atoms with Gasteiger partial charge in [-0.1, -0.05) is 32.3 Å². The summed E-state index contributed by atoms with van der Waals surface area (Å²) in [5, 5.41) is 9.92. The standard InChI is InChI=1S/C17H25N3O/c1-2-12-5-3-6-13(11-12)20-17(21)14-7-4-8-15-16(14)19-10-9-18-15/h4,7-8,12-13,18-19H,2-3,5-6,9-11H2,1H3,(H,20,21). The van der Waals surface area contributed by atoms with E-state index < -0.39 is 0 Å². The smallest absolute Gasteiger partial charge is 0.253 e. The van der Waals surface area contributed by atoms with E-state index in [1.807, 2.05) is 18.2 Å². The highest BCUT2D eigenvalue weighted by molar-refractivity contribution is 6.02. The average Bonchev–Trinajstić information content (AvgIpc) is 2.54. The highest BCUT2D eigenvalue weighted by Crippen LogP contribution is 2.30. The fraction of sp³-hybridized carbons (Fsp3) is 0.588. The van der Waals surface area contributed by atoms with Crippen LogP contribution in [0.4, 0.5) is 11.4 Å². The minimum atomic E-state index is 0.0600. The Morgan fingerprint density at radius 2 is 2.14 bits per heavy atom. The van der Waals surface area contributed by atoms with Gasteiger partial charge in [0.25, 0.3) is 5.91 Å². The van der Waals surface area contributed by atoms with Crippen LogP contribution in [-0.2, 0) is 0 Å².